The molecule has 0 N–H and O–H groups in total. The van der Waals surface area contributed by atoms with E-state index in [4.69, 9.17) is 26.2 Å². The summed E-state index contributed by atoms with van der Waals surface area (Å²) in [6.07, 6.45) is 5.00. The fourth-order valence-corrected chi connectivity index (χ4v) is 5.47. The van der Waals surface area contributed by atoms with Crippen LogP contribution >= 0.6 is 11.6 Å². The summed E-state index contributed by atoms with van der Waals surface area (Å²) in [5.41, 5.74) is 1.16. The highest BCUT2D eigenvalue weighted by atomic mass is 35.5. The number of hydrogen-bond donors (Lipinski definition) is 0. The summed E-state index contributed by atoms with van der Waals surface area (Å²) in [6, 6.07) is 9.06. The summed E-state index contributed by atoms with van der Waals surface area (Å²) in [7, 11) is 1.64. The quantitative estimate of drug-likeness (QED) is 0.437. The summed E-state index contributed by atoms with van der Waals surface area (Å²) in [5.74, 6) is 2.49. The minimum Gasteiger partial charge on any atom is -0.481 e. The zero-order chi connectivity index (χ0) is 23.8. The van der Waals surface area contributed by atoms with Crippen LogP contribution in [0.2, 0.25) is 5.02 Å². The SMILES string of the molecule is COc1cc(N2C[C@H]3CC[C@@H](C2)C3Cc2nc(Oc3cccc(Cl)c3F)n(C(C)C)n2)ccn1. The van der Waals surface area contributed by atoms with Gasteiger partial charge in [-0.3, -0.25) is 0 Å². The van der Waals surface area contributed by atoms with Gasteiger partial charge in [-0.15, -0.1) is 0 Å². The van der Waals surface area contributed by atoms with Crippen LogP contribution in [-0.2, 0) is 6.42 Å². The average molecular weight is 486 g/mol. The van der Waals surface area contributed by atoms with Gasteiger partial charge in [-0.05, 0) is 62.6 Å². The summed E-state index contributed by atoms with van der Waals surface area (Å²) in [4.78, 5) is 11.3. The molecule has 1 saturated heterocycles. The van der Waals surface area contributed by atoms with Gasteiger partial charge >= 0.3 is 6.01 Å². The number of ether oxygens (including phenoxy) is 2. The van der Waals surface area contributed by atoms with E-state index in [2.05, 4.69) is 14.9 Å². The monoisotopic (exact) mass is 485 g/mol. The third-order valence-electron chi connectivity index (χ3n) is 6.99. The van der Waals surface area contributed by atoms with Crippen molar-refractivity contribution in [3.05, 3.63) is 53.2 Å². The van der Waals surface area contributed by atoms with Crippen LogP contribution in [0.25, 0.3) is 0 Å². The van der Waals surface area contributed by atoms with Crippen molar-refractivity contribution in [2.45, 2.75) is 39.2 Å². The highest BCUT2D eigenvalue weighted by Gasteiger charge is 2.42. The van der Waals surface area contributed by atoms with Crippen molar-refractivity contribution in [3.8, 4) is 17.6 Å². The molecule has 0 spiro atoms. The summed E-state index contributed by atoms with van der Waals surface area (Å²) in [5, 5.41) is 4.75. The lowest BCUT2D eigenvalue weighted by atomic mass is 9.82. The summed E-state index contributed by atoms with van der Waals surface area (Å²) < 4.78 is 27.2. The molecule has 7 nitrogen and oxygen atoms in total. The van der Waals surface area contributed by atoms with E-state index < -0.39 is 5.82 Å². The van der Waals surface area contributed by atoms with Crippen LogP contribution in [0, 0.1) is 23.6 Å². The van der Waals surface area contributed by atoms with E-state index in [1.165, 1.54) is 18.9 Å². The molecule has 3 aromatic rings. The Balaban J connectivity index is 1.33. The predicted octanol–water partition coefficient (Wildman–Crippen LogP) is 5.55. The van der Waals surface area contributed by atoms with Crippen LogP contribution in [0.15, 0.2) is 36.5 Å². The van der Waals surface area contributed by atoms with Gasteiger partial charge in [0.1, 0.15) is 0 Å². The Bertz CT molecular complexity index is 1160. The van der Waals surface area contributed by atoms with Crippen LogP contribution in [-0.4, -0.2) is 39.9 Å². The van der Waals surface area contributed by atoms with E-state index in [-0.39, 0.29) is 16.8 Å². The number of hydrogen-bond acceptors (Lipinski definition) is 6. The van der Waals surface area contributed by atoms with E-state index in [0.29, 0.717) is 29.6 Å². The number of fused-ring (bicyclic) bond motifs is 2. The van der Waals surface area contributed by atoms with Crippen LogP contribution in [0.1, 0.15) is 38.6 Å². The van der Waals surface area contributed by atoms with Gasteiger partial charge in [0.05, 0.1) is 18.2 Å². The van der Waals surface area contributed by atoms with Crippen LogP contribution < -0.4 is 14.4 Å². The van der Waals surface area contributed by atoms with Crippen molar-refractivity contribution in [1.29, 1.82) is 0 Å². The molecular weight excluding hydrogens is 457 g/mol. The molecule has 2 aliphatic rings. The number of benzene rings is 1. The first-order valence-electron chi connectivity index (χ1n) is 11.7. The minimum atomic E-state index is -0.595. The standard InChI is InChI=1S/C25H29ClFN5O2/c1-15(2)32-25(34-21-6-4-5-20(26)24(21)27)29-22(30-32)12-19-16-7-8-17(19)14-31(13-16)18-9-10-28-23(11-18)33-3/h4-6,9-11,15-17,19H,7-8,12-14H2,1-3H3/t16-,17+,19?. The number of rotatable bonds is 7. The maximum Gasteiger partial charge on any atom is 0.320 e. The predicted molar refractivity (Wildman–Crippen MR) is 128 cm³/mol. The Morgan fingerprint density at radius 3 is 2.65 bits per heavy atom. The number of aromatic nitrogens is 4. The Morgan fingerprint density at radius 1 is 1.18 bits per heavy atom. The van der Waals surface area contributed by atoms with Gasteiger partial charge in [0.2, 0.25) is 5.88 Å². The maximum atomic E-state index is 14.4. The largest absolute Gasteiger partial charge is 0.481 e. The first kappa shape index (κ1) is 22.9. The number of halogens is 2. The van der Waals surface area contributed by atoms with E-state index in [0.717, 1.165) is 31.0 Å². The van der Waals surface area contributed by atoms with Crippen molar-refractivity contribution >= 4 is 17.3 Å². The molecule has 1 aromatic carbocycles. The molecule has 5 rings (SSSR count). The highest BCUT2D eigenvalue weighted by Crippen LogP contribution is 2.45. The number of anilines is 1. The van der Waals surface area contributed by atoms with Gasteiger partial charge in [-0.25, -0.2) is 14.1 Å². The molecule has 1 saturated carbocycles. The van der Waals surface area contributed by atoms with Crippen LogP contribution in [0.4, 0.5) is 10.1 Å². The van der Waals surface area contributed by atoms with Crippen molar-refractivity contribution in [3.63, 3.8) is 0 Å². The molecule has 0 radical (unpaired) electrons. The lowest BCUT2D eigenvalue weighted by Gasteiger charge is -2.39. The number of pyridine rings is 1. The minimum absolute atomic E-state index is 0.0171. The second-order valence-corrected chi connectivity index (χ2v) is 9.84. The lowest BCUT2D eigenvalue weighted by molar-refractivity contribution is 0.265. The zero-order valence-corrected chi connectivity index (χ0v) is 20.4. The molecule has 2 bridgehead atoms. The highest BCUT2D eigenvalue weighted by molar-refractivity contribution is 6.30. The van der Waals surface area contributed by atoms with Gasteiger partial charge in [0.15, 0.2) is 17.4 Å². The van der Waals surface area contributed by atoms with E-state index >= 15 is 0 Å². The van der Waals surface area contributed by atoms with Crippen molar-refractivity contribution in [1.82, 2.24) is 19.7 Å². The molecule has 0 amide bonds. The molecule has 3 atom stereocenters. The Hall–Kier alpha value is -2.87. The zero-order valence-electron chi connectivity index (χ0n) is 19.6. The van der Waals surface area contributed by atoms with Crippen molar-refractivity contribution in [2.24, 2.45) is 17.8 Å². The molecule has 180 valence electrons. The first-order valence-corrected chi connectivity index (χ1v) is 12.1. The Labute approximate surface area is 203 Å². The number of piperidine rings is 1. The van der Waals surface area contributed by atoms with Gasteiger partial charge in [0.25, 0.3) is 0 Å². The summed E-state index contributed by atoms with van der Waals surface area (Å²) >= 11 is 5.92. The molecule has 1 unspecified atom stereocenters. The first-order chi connectivity index (χ1) is 16.4. The summed E-state index contributed by atoms with van der Waals surface area (Å²) in [6.45, 7) is 6.00. The topological polar surface area (TPSA) is 65.3 Å². The maximum absolute atomic E-state index is 14.4. The van der Waals surface area contributed by atoms with Gasteiger partial charge in [0, 0.05) is 37.5 Å². The van der Waals surface area contributed by atoms with Gasteiger partial charge < -0.3 is 14.4 Å². The third-order valence-corrected chi connectivity index (χ3v) is 7.28. The molecular formula is C25H29ClFN5O2. The molecule has 9 heteroatoms. The third kappa shape index (κ3) is 4.43. The van der Waals surface area contributed by atoms with Crippen molar-refractivity contribution in [2.75, 3.05) is 25.1 Å². The normalized spacial score (nSPS) is 21.8. The van der Waals surface area contributed by atoms with Crippen LogP contribution in [0.3, 0.4) is 0 Å². The smallest absolute Gasteiger partial charge is 0.320 e. The fourth-order valence-electron chi connectivity index (χ4n) is 5.30. The second-order valence-electron chi connectivity index (χ2n) is 9.43. The molecule has 2 aromatic heterocycles. The molecule has 34 heavy (non-hydrogen) atoms. The van der Waals surface area contributed by atoms with E-state index in [9.17, 15) is 4.39 Å². The van der Waals surface area contributed by atoms with Gasteiger partial charge in [-0.1, -0.05) is 17.7 Å². The Kier molecular flexibility index (Phi) is 6.34. The van der Waals surface area contributed by atoms with Gasteiger partial charge in [-0.2, -0.15) is 10.1 Å². The second kappa shape index (κ2) is 9.41. The van der Waals surface area contributed by atoms with Crippen molar-refractivity contribution < 1.29 is 13.9 Å². The molecule has 3 heterocycles. The lowest BCUT2D eigenvalue weighted by Crippen LogP contribution is -2.42. The number of nitrogens with zero attached hydrogens (tertiary/aromatic N) is 5. The van der Waals surface area contributed by atoms with Crippen LogP contribution in [0.5, 0.6) is 17.6 Å². The van der Waals surface area contributed by atoms with E-state index in [1.54, 1.807) is 30.1 Å². The average Bonchev–Trinajstić information content (AvgIpc) is 3.32. The Morgan fingerprint density at radius 2 is 1.94 bits per heavy atom. The fraction of sp³-hybridized carbons (Fsp3) is 0.480. The molecule has 1 aliphatic heterocycles. The molecule has 1 aliphatic carbocycles. The molecule has 2 fully saturated rings. The van der Waals surface area contributed by atoms with E-state index in [1.807, 2.05) is 26.0 Å². The number of methoxy groups -OCH3 is 1.